The van der Waals surface area contributed by atoms with E-state index in [1.807, 2.05) is 11.9 Å². The zero-order valence-corrected chi connectivity index (χ0v) is 9.66. The van der Waals surface area contributed by atoms with Gasteiger partial charge < -0.3 is 14.7 Å². The van der Waals surface area contributed by atoms with Crippen LogP contribution in [-0.2, 0) is 4.74 Å². The van der Waals surface area contributed by atoms with Gasteiger partial charge in [-0.25, -0.2) is 9.78 Å². The predicted molar refractivity (Wildman–Crippen MR) is 62.0 cm³/mol. The Morgan fingerprint density at radius 2 is 2.56 bits per heavy atom. The average molecular weight is 240 g/mol. The number of terminal acetylenes is 1. The van der Waals surface area contributed by atoms with E-state index in [0.717, 1.165) is 0 Å². The lowest BCUT2D eigenvalue weighted by molar-refractivity contribution is 0.0691. The van der Waals surface area contributed by atoms with Crippen molar-refractivity contribution in [3.05, 3.63) is 11.1 Å². The van der Waals surface area contributed by atoms with Gasteiger partial charge in [0.25, 0.3) is 0 Å². The van der Waals surface area contributed by atoms with E-state index in [4.69, 9.17) is 16.3 Å². The molecule has 0 unspecified atom stereocenters. The smallest absolute Gasteiger partial charge is 0.355 e. The maximum atomic E-state index is 10.6. The minimum atomic E-state index is -1.01. The molecule has 0 amide bonds. The van der Waals surface area contributed by atoms with Crippen molar-refractivity contribution < 1.29 is 14.6 Å². The van der Waals surface area contributed by atoms with E-state index in [9.17, 15) is 4.79 Å². The summed E-state index contributed by atoms with van der Waals surface area (Å²) in [6, 6.07) is 0. The first kappa shape index (κ1) is 12.5. The highest BCUT2D eigenvalue weighted by Gasteiger charge is 2.11. The summed E-state index contributed by atoms with van der Waals surface area (Å²) in [6.07, 6.45) is 5.03. The molecule has 0 saturated carbocycles. The molecular formula is C10H12N2O3S. The molecule has 0 saturated heterocycles. The maximum absolute atomic E-state index is 10.6. The molecule has 6 heteroatoms. The van der Waals surface area contributed by atoms with Gasteiger partial charge in [-0.05, 0) is 0 Å². The number of carboxylic acid groups (broad SMARTS) is 1. The third-order valence-electron chi connectivity index (χ3n) is 1.79. The number of hydrogen-bond donors (Lipinski definition) is 1. The number of anilines is 1. The minimum absolute atomic E-state index is 0.0661. The van der Waals surface area contributed by atoms with Gasteiger partial charge in [0.2, 0.25) is 0 Å². The van der Waals surface area contributed by atoms with Crippen molar-refractivity contribution >= 4 is 22.4 Å². The highest BCUT2D eigenvalue weighted by atomic mass is 32.1. The largest absolute Gasteiger partial charge is 0.476 e. The van der Waals surface area contributed by atoms with Crippen LogP contribution in [-0.4, -0.2) is 42.9 Å². The molecule has 0 spiro atoms. The second kappa shape index (κ2) is 6.10. The van der Waals surface area contributed by atoms with Crippen LogP contribution < -0.4 is 4.90 Å². The zero-order valence-electron chi connectivity index (χ0n) is 8.84. The topological polar surface area (TPSA) is 62.7 Å². The van der Waals surface area contributed by atoms with Crippen LogP contribution in [0.25, 0.3) is 0 Å². The van der Waals surface area contributed by atoms with Crippen LogP contribution in [0, 0.1) is 12.3 Å². The molecule has 0 atom stereocenters. The van der Waals surface area contributed by atoms with Crippen LogP contribution in [0.1, 0.15) is 10.5 Å². The summed E-state index contributed by atoms with van der Waals surface area (Å²) in [5.74, 6) is 1.35. The zero-order chi connectivity index (χ0) is 12.0. The molecule has 0 aliphatic heterocycles. The molecule has 1 aromatic rings. The summed E-state index contributed by atoms with van der Waals surface area (Å²) < 4.78 is 5.11. The molecule has 0 fully saturated rings. The Hall–Kier alpha value is -1.58. The summed E-state index contributed by atoms with van der Waals surface area (Å²) in [7, 11) is 1.82. The molecule has 1 N–H and O–H groups in total. The van der Waals surface area contributed by atoms with Crippen molar-refractivity contribution in [3.63, 3.8) is 0 Å². The Bertz CT molecular complexity index is 397. The van der Waals surface area contributed by atoms with Crippen LogP contribution in [0.2, 0.25) is 0 Å². The van der Waals surface area contributed by atoms with Crippen LogP contribution in [0.4, 0.5) is 5.13 Å². The number of rotatable bonds is 6. The molecule has 0 bridgehead atoms. The van der Waals surface area contributed by atoms with Crippen molar-refractivity contribution in [1.29, 1.82) is 0 Å². The number of carbonyl (C=O) groups is 1. The lowest BCUT2D eigenvalue weighted by Crippen LogP contribution is -2.22. The molecule has 0 radical (unpaired) electrons. The van der Waals surface area contributed by atoms with E-state index in [0.29, 0.717) is 18.3 Å². The lowest BCUT2D eigenvalue weighted by Gasteiger charge is -2.14. The van der Waals surface area contributed by atoms with E-state index in [1.165, 1.54) is 16.7 Å². The Kier molecular flexibility index (Phi) is 4.76. The van der Waals surface area contributed by atoms with Crippen molar-refractivity contribution in [2.45, 2.75) is 0 Å². The Balaban J connectivity index is 2.43. The van der Waals surface area contributed by atoms with E-state index < -0.39 is 5.97 Å². The van der Waals surface area contributed by atoms with E-state index >= 15 is 0 Å². The second-order valence-electron chi connectivity index (χ2n) is 3.00. The second-order valence-corrected chi connectivity index (χ2v) is 3.84. The first-order valence-corrected chi connectivity index (χ1v) is 5.44. The van der Waals surface area contributed by atoms with E-state index in [2.05, 4.69) is 10.9 Å². The van der Waals surface area contributed by atoms with Gasteiger partial charge in [-0.3, -0.25) is 0 Å². The first-order valence-electron chi connectivity index (χ1n) is 4.56. The molecule has 16 heavy (non-hydrogen) atoms. The van der Waals surface area contributed by atoms with Gasteiger partial charge in [0.15, 0.2) is 10.8 Å². The standard InChI is InChI=1S/C10H12N2O3S/c1-3-5-15-6-4-12(2)10-11-8(7-16-10)9(13)14/h1,7H,4-6H2,2H3,(H,13,14). The van der Waals surface area contributed by atoms with Gasteiger partial charge in [0.1, 0.15) is 6.61 Å². The fourth-order valence-corrected chi connectivity index (χ4v) is 1.76. The van der Waals surface area contributed by atoms with Crippen molar-refractivity contribution in [2.75, 3.05) is 31.7 Å². The molecule has 1 aromatic heterocycles. The molecule has 0 aliphatic carbocycles. The Morgan fingerprint density at radius 3 is 3.12 bits per heavy atom. The summed E-state index contributed by atoms with van der Waals surface area (Å²) in [5.41, 5.74) is 0.0661. The highest BCUT2D eigenvalue weighted by Crippen LogP contribution is 2.18. The van der Waals surface area contributed by atoms with Gasteiger partial charge in [0, 0.05) is 19.0 Å². The van der Waals surface area contributed by atoms with Crippen molar-refractivity contribution in [1.82, 2.24) is 4.98 Å². The summed E-state index contributed by atoms with van der Waals surface area (Å²) in [5, 5.41) is 10.9. The first-order chi connectivity index (χ1) is 7.65. The molecule has 1 heterocycles. The summed E-state index contributed by atoms with van der Waals surface area (Å²) in [4.78, 5) is 16.4. The molecule has 0 aliphatic rings. The van der Waals surface area contributed by atoms with Gasteiger partial charge in [-0.15, -0.1) is 17.8 Å². The normalized spacial score (nSPS) is 9.75. The van der Waals surface area contributed by atoms with Crippen molar-refractivity contribution in [2.24, 2.45) is 0 Å². The average Bonchev–Trinajstić information content (AvgIpc) is 2.73. The molecule has 1 rings (SSSR count). The summed E-state index contributed by atoms with van der Waals surface area (Å²) >= 11 is 1.29. The lowest BCUT2D eigenvalue weighted by atomic mass is 10.5. The third-order valence-corrected chi connectivity index (χ3v) is 2.75. The van der Waals surface area contributed by atoms with Gasteiger partial charge in [-0.1, -0.05) is 5.92 Å². The van der Waals surface area contributed by atoms with Gasteiger partial charge in [-0.2, -0.15) is 0 Å². The molecule has 5 nitrogen and oxygen atoms in total. The quantitative estimate of drug-likeness (QED) is 0.592. The number of nitrogens with zero attached hydrogens (tertiary/aromatic N) is 2. The molecule has 0 aromatic carbocycles. The fraction of sp³-hybridized carbons (Fsp3) is 0.400. The molecular weight excluding hydrogens is 228 g/mol. The molecule has 86 valence electrons. The van der Waals surface area contributed by atoms with Gasteiger partial charge >= 0.3 is 5.97 Å². The number of ether oxygens (including phenoxy) is 1. The van der Waals surface area contributed by atoms with Crippen LogP contribution in [0.5, 0.6) is 0 Å². The Morgan fingerprint density at radius 1 is 1.81 bits per heavy atom. The Labute approximate surface area is 97.7 Å². The predicted octanol–water partition coefficient (Wildman–Crippen LogP) is 0.927. The third kappa shape index (κ3) is 3.53. The van der Waals surface area contributed by atoms with E-state index in [1.54, 1.807) is 0 Å². The van der Waals surface area contributed by atoms with Crippen molar-refractivity contribution in [3.8, 4) is 12.3 Å². The van der Waals surface area contributed by atoms with Crippen LogP contribution in [0.3, 0.4) is 0 Å². The van der Waals surface area contributed by atoms with Gasteiger partial charge in [0.05, 0.1) is 6.61 Å². The number of thiazole rings is 1. The maximum Gasteiger partial charge on any atom is 0.355 e. The number of carboxylic acids is 1. The highest BCUT2D eigenvalue weighted by molar-refractivity contribution is 7.13. The monoisotopic (exact) mass is 240 g/mol. The number of hydrogen-bond acceptors (Lipinski definition) is 5. The fourth-order valence-electron chi connectivity index (χ4n) is 0.966. The number of aromatic carboxylic acids is 1. The van der Waals surface area contributed by atoms with Crippen LogP contribution >= 0.6 is 11.3 Å². The minimum Gasteiger partial charge on any atom is -0.476 e. The van der Waals surface area contributed by atoms with E-state index in [-0.39, 0.29) is 12.3 Å². The SMILES string of the molecule is C#CCOCCN(C)c1nc(C(=O)O)cs1. The number of likely N-dealkylation sites (N-methyl/N-ethyl adjacent to an activating group) is 1. The summed E-state index contributed by atoms with van der Waals surface area (Å²) in [6.45, 7) is 1.39. The number of aromatic nitrogens is 1. The van der Waals surface area contributed by atoms with Crippen LogP contribution in [0.15, 0.2) is 5.38 Å².